The minimum absolute atomic E-state index is 0.495. The van der Waals surface area contributed by atoms with E-state index < -0.39 is 5.60 Å². The highest BCUT2D eigenvalue weighted by molar-refractivity contribution is 9.10. The van der Waals surface area contributed by atoms with Gasteiger partial charge in [-0.25, -0.2) is 0 Å². The van der Waals surface area contributed by atoms with E-state index in [1.165, 1.54) is 19.4 Å². The van der Waals surface area contributed by atoms with Crippen LogP contribution in [0.1, 0.15) is 31.2 Å². The first-order chi connectivity index (χ1) is 10.1. The van der Waals surface area contributed by atoms with Crippen molar-refractivity contribution >= 4 is 15.9 Å². The predicted octanol–water partition coefficient (Wildman–Crippen LogP) is 2.91. The van der Waals surface area contributed by atoms with Gasteiger partial charge >= 0.3 is 0 Å². The number of nitrogens with zero attached hydrogens (tertiary/aromatic N) is 1. The van der Waals surface area contributed by atoms with Gasteiger partial charge in [-0.2, -0.15) is 0 Å². The summed E-state index contributed by atoms with van der Waals surface area (Å²) in [5, 5.41) is 11.2. The molecule has 2 aliphatic rings. The van der Waals surface area contributed by atoms with Crippen molar-refractivity contribution in [2.45, 2.75) is 37.3 Å². The van der Waals surface area contributed by atoms with E-state index in [2.05, 4.69) is 20.8 Å². The Kier molecular flexibility index (Phi) is 4.17. The highest BCUT2D eigenvalue weighted by Gasteiger charge is 2.43. The molecule has 0 radical (unpaired) electrons. The van der Waals surface area contributed by atoms with Gasteiger partial charge in [0.2, 0.25) is 0 Å². The van der Waals surface area contributed by atoms with Gasteiger partial charge in [0, 0.05) is 18.2 Å². The van der Waals surface area contributed by atoms with Crippen molar-refractivity contribution in [2.24, 2.45) is 0 Å². The molecule has 21 heavy (non-hydrogen) atoms. The van der Waals surface area contributed by atoms with Crippen molar-refractivity contribution in [3.05, 3.63) is 22.2 Å². The average molecular weight is 356 g/mol. The second kappa shape index (κ2) is 5.78. The van der Waals surface area contributed by atoms with Crippen LogP contribution in [0.4, 0.5) is 0 Å². The third-order valence-electron chi connectivity index (χ3n) is 4.87. The van der Waals surface area contributed by atoms with Crippen LogP contribution in [-0.2, 0) is 5.60 Å². The van der Waals surface area contributed by atoms with Gasteiger partial charge < -0.3 is 19.5 Å². The zero-order valence-electron chi connectivity index (χ0n) is 12.6. The number of halogens is 1. The fourth-order valence-electron chi connectivity index (χ4n) is 3.75. The van der Waals surface area contributed by atoms with Crippen LogP contribution >= 0.6 is 15.9 Å². The number of piperidine rings is 1. The lowest BCUT2D eigenvalue weighted by molar-refractivity contribution is -0.0423. The summed E-state index contributed by atoms with van der Waals surface area (Å²) in [6.07, 6.45) is 3.95. The third kappa shape index (κ3) is 2.56. The summed E-state index contributed by atoms with van der Waals surface area (Å²) in [5.74, 6) is 1.40. The molecule has 0 aliphatic carbocycles. The number of hydrogen-bond acceptors (Lipinski definition) is 4. The van der Waals surface area contributed by atoms with Gasteiger partial charge in [0.05, 0.1) is 19.8 Å². The molecule has 3 rings (SSSR count). The van der Waals surface area contributed by atoms with E-state index in [9.17, 15) is 5.11 Å². The Labute approximate surface area is 134 Å². The molecule has 0 saturated carbocycles. The largest absolute Gasteiger partial charge is 0.495 e. The van der Waals surface area contributed by atoms with Gasteiger partial charge in [-0.15, -0.1) is 0 Å². The summed E-state index contributed by atoms with van der Waals surface area (Å²) in [6, 6.07) is 4.32. The van der Waals surface area contributed by atoms with Crippen LogP contribution < -0.4 is 9.47 Å². The first kappa shape index (κ1) is 15.1. The minimum Gasteiger partial charge on any atom is -0.495 e. The van der Waals surface area contributed by atoms with Crippen LogP contribution in [0.25, 0.3) is 0 Å². The highest BCUT2D eigenvalue weighted by Crippen LogP contribution is 2.47. The lowest BCUT2D eigenvalue weighted by Gasteiger charge is -2.41. The van der Waals surface area contributed by atoms with Crippen molar-refractivity contribution in [1.29, 1.82) is 0 Å². The van der Waals surface area contributed by atoms with Gasteiger partial charge in [0.1, 0.15) is 16.0 Å². The van der Waals surface area contributed by atoms with E-state index in [1.54, 1.807) is 14.2 Å². The summed E-state index contributed by atoms with van der Waals surface area (Å²) in [7, 11) is 3.27. The zero-order chi connectivity index (χ0) is 15.0. The van der Waals surface area contributed by atoms with Crippen molar-refractivity contribution in [2.75, 3.05) is 27.3 Å². The molecule has 2 unspecified atom stereocenters. The van der Waals surface area contributed by atoms with Crippen LogP contribution in [0.3, 0.4) is 0 Å². The quantitative estimate of drug-likeness (QED) is 0.904. The molecule has 0 aromatic heterocycles. The summed E-state index contributed by atoms with van der Waals surface area (Å²) in [4.78, 5) is 2.50. The van der Waals surface area contributed by atoms with E-state index in [-0.39, 0.29) is 0 Å². The molecule has 2 saturated heterocycles. The summed E-state index contributed by atoms with van der Waals surface area (Å²) < 4.78 is 11.6. The lowest BCUT2D eigenvalue weighted by atomic mass is 9.80. The minimum atomic E-state index is -0.814. The van der Waals surface area contributed by atoms with Gasteiger partial charge in [-0.3, -0.25) is 0 Å². The number of benzene rings is 1. The molecule has 4 nitrogen and oxygen atoms in total. The number of fused-ring (bicyclic) bond motifs is 1. The maximum Gasteiger partial charge on any atom is 0.142 e. The van der Waals surface area contributed by atoms with Gasteiger partial charge in [0.25, 0.3) is 0 Å². The molecule has 2 fully saturated rings. The highest BCUT2D eigenvalue weighted by atomic mass is 79.9. The number of ether oxygens (including phenoxy) is 2. The van der Waals surface area contributed by atoms with Crippen LogP contribution in [0, 0.1) is 0 Å². The normalized spacial score (nSPS) is 29.2. The number of rotatable bonds is 3. The maximum absolute atomic E-state index is 11.2. The topological polar surface area (TPSA) is 41.9 Å². The Hall–Kier alpha value is -0.780. The SMILES string of the molecule is COc1ccc(C2(O)CCN3CCCC3C2)c(OC)c1Br. The van der Waals surface area contributed by atoms with Crippen LogP contribution in [0.2, 0.25) is 0 Å². The molecule has 1 N–H and O–H groups in total. The molecular formula is C16H22BrNO3. The zero-order valence-corrected chi connectivity index (χ0v) is 14.1. The van der Waals surface area contributed by atoms with Gasteiger partial charge in [0.15, 0.2) is 0 Å². The summed E-state index contributed by atoms with van der Waals surface area (Å²) in [6.45, 7) is 2.12. The fourth-order valence-corrected chi connectivity index (χ4v) is 4.42. The number of methoxy groups -OCH3 is 2. The standard InChI is InChI=1S/C16H22BrNO3/c1-20-13-6-5-12(15(21-2)14(13)17)16(19)7-9-18-8-3-4-11(18)10-16/h5-6,11,19H,3-4,7-10H2,1-2H3. The molecule has 2 heterocycles. The van der Waals surface area contributed by atoms with E-state index in [0.29, 0.717) is 11.8 Å². The Balaban J connectivity index is 1.97. The Morgan fingerprint density at radius 3 is 2.81 bits per heavy atom. The summed E-state index contributed by atoms with van der Waals surface area (Å²) >= 11 is 3.53. The lowest BCUT2D eigenvalue weighted by Crippen LogP contribution is -2.46. The molecule has 0 spiro atoms. The van der Waals surface area contributed by atoms with Crippen molar-refractivity contribution < 1.29 is 14.6 Å². The first-order valence-corrected chi connectivity index (χ1v) is 8.26. The van der Waals surface area contributed by atoms with Gasteiger partial charge in [-0.1, -0.05) is 0 Å². The van der Waals surface area contributed by atoms with Crippen molar-refractivity contribution in [3.63, 3.8) is 0 Å². The molecular weight excluding hydrogens is 334 g/mol. The Morgan fingerprint density at radius 2 is 2.10 bits per heavy atom. The fraction of sp³-hybridized carbons (Fsp3) is 0.625. The van der Waals surface area contributed by atoms with E-state index >= 15 is 0 Å². The average Bonchev–Trinajstić information content (AvgIpc) is 2.93. The summed E-state index contributed by atoms with van der Waals surface area (Å²) in [5.41, 5.74) is 0.0512. The molecule has 116 valence electrons. The number of aliphatic hydroxyl groups is 1. The Morgan fingerprint density at radius 1 is 1.29 bits per heavy atom. The maximum atomic E-state index is 11.2. The smallest absolute Gasteiger partial charge is 0.142 e. The molecule has 0 bridgehead atoms. The molecule has 5 heteroatoms. The second-order valence-electron chi connectivity index (χ2n) is 5.98. The van der Waals surface area contributed by atoms with Gasteiger partial charge in [-0.05, 0) is 60.3 Å². The van der Waals surface area contributed by atoms with Crippen LogP contribution in [0.15, 0.2) is 16.6 Å². The molecule has 1 aromatic carbocycles. The van der Waals surface area contributed by atoms with Crippen molar-refractivity contribution in [1.82, 2.24) is 4.90 Å². The second-order valence-corrected chi connectivity index (χ2v) is 6.77. The Bertz CT molecular complexity index is 536. The van der Waals surface area contributed by atoms with Crippen LogP contribution in [-0.4, -0.2) is 43.4 Å². The first-order valence-electron chi connectivity index (χ1n) is 7.46. The van der Waals surface area contributed by atoms with Crippen LogP contribution in [0.5, 0.6) is 11.5 Å². The van der Waals surface area contributed by atoms with E-state index in [0.717, 1.165) is 35.2 Å². The van der Waals surface area contributed by atoms with E-state index in [1.807, 2.05) is 12.1 Å². The van der Waals surface area contributed by atoms with E-state index in [4.69, 9.17) is 9.47 Å². The number of hydrogen-bond donors (Lipinski definition) is 1. The van der Waals surface area contributed by atoms with Crippen molar-refractivity contribution in [3.8, 4) is 11.5 Å². The predicted molar refractivity (Wildman–Crippen MR) is 85.0 cm³/mol. The monoisotopic (exact) mass is 355 g/mol. The molecule has 0 amide bonds. The molecule has 2 aliphatic heterocycles. The molecule has 2 atom stereocenters. The third-order valence-corrected chi connectivity index (χ3v) is 5.62. The molecule has 1 aromatic rings.